The second-order valence-corrected chi connectivity index (χ2v) is 5.42. The highest BCUT2D eigenvalue weighted by Crippen LogP contribution is 2.12. The third kappa shape index (κ3) is 3.55. The molecule has 1 amide bonds. The van der Waals surface area contributed by atoms with E-state index in [1.54, 1.807) is 19.0 Å². The van der Waals surface area contributed by atoms with Gasteiger partial charge in [-0.15, -0.1) is 0 Å². The van der Waals surface area contributed by atoms with Gasteiger partial charge in [-0.05, 0) is 24.6 Å². The Bertz CT molecular complexity index is 445. The summed E-state index contributed by atoms with van der Waals surface area (Å²) in [6.45, 7) is 6.29. The van der Waals surface area contributed by atoms with E-state index in [0.717, 1.165) is 31.7 Å². The molecule has 1 fully saturated rings. The zero-order valence-electron chi connectivity index (χ0n) is 12.0. The molecule has 0 bridgehead atoms. The third-order valence-corrected chi connectivity index (χ3v) is 3.60. The van der Waals surface area contributed by atoms with Crippen LogP contribution in [0.2, 0.25) is 0 Å². The van der Waals surface area contributed by atoms with Crippen molar-refractivity contribution in [2.75, 3.05) is 33.7 Å². The summed E-state index contributed by atoms with van der Waals surface area (Å²) >= 11 is 0. The Morgan fingerprint density at radius 3 is 2.95 bits per heavy atom. The summed E-state index contributed by atoms with van der Waals surface area (Å²) in [7, 11) is 3.57. The minimum Gasteiger partial charge on any atom is -0.345 e. The molecule has 0 aliphatic carbocycles. The van der Waals surface area contributed by atoms with Gasteiger partial charge in [-0.2, -0.15) is 0 Å². The molecule has 1 aromatic carbocycles. The molecule has 0 saturated carbocycles. The predicted octanol–water partition coefficient (Wildman–Crippen LogP) is 1.18. The number of hydrogen-bond donors (Lipinski definition) is 1. The fraction of sp³-hybridized carbons (Fsp3) is 0.533. The number of nitrogens with zero attached hydrogens (tertiary/aromatic N) is 2. The van der Waals surface area contributed by atoms with Crippen molar-refractivity contribution in [1.82, 2.24) is 15.1 Å². The van der Waals surface area contributed by atoms with Gasteiger partial charge in [-0.3, -0.25) is 9.69 Å². The molecule has 4 heteroatoms. The van der Waals surface area contributed by atoms with Gasteiger partial charge in [0, 0.05) is 51.9 Å². The number of benzene rings is 1. The highest BCUT2D eigenvalue weighted by atomic mass is 16.2. The number of nitrogens with one attached hydrogen (secondary N) is 1. The Kier molecular flexibility index (Phi) is 4.56. The van der Waals surface area contributed by atoms with E-state index in [2.05, 4.69) is 23.2 Å². The summed E-state index contributed by atoms with van der Waals surface area (Å²) in [5.74, 6) is 0.0650. The third-order valence-electron chi connectivity index (χ3n) is 3.60. The van der Waals surface area contributed by atoms with Crippen molar-refractivity contribution in [3.05, 3.63) is 35.4 Å². The van der Waals surface area contributed by atoms with E-state index in [1.165, 1.54) is 5.56 Å². The van der Waals surface area contributed by atoms with Crippen molar-refractivity contribution < 1.29 is 4.79 Å². The second kappa shape index (κ2) is 6.17. The first-order valence-electron chi connectivity index (χ1n) is 6.83. The van der Waals surface area contributed by atoms with E-state index in [9.17, 15) is 4.79 Å². The lowest BCUT2D eigenvalue weighted by atomic mass is 10.1. The molecule has 1 aromatic rings. The van der Waals surface area contributed by atoms with Crippen LogP contribution in [0.5, 0.6) is 0 Å². The van der Waals surface area contributed by atoms with Gasteiger partial charge in [0.2, 0.25) is 0 Å². The molecule has 4 nitrogen and oxygen atoms in total. The van der Waals surface area contributed by atoms with Gasteiger partial charge < -0.3 is 10.2 Å². The molecule has 0 aromatic heterocycles. The largest absolute Gasteiger partial charge is 0.345 e. The molecule has 1 aliphatic heterocycles. The highest BCUT2D eigenvalue weighted by molar-refractivity contribution is 5.94. The lowest BCUT2D eigenvalue weighted by molar-refractivity contribution is 0.0827. The molecule has 1 heterocycles. The maximum Gasteiger partial charge on any atom is 0.253 e. The average molecular weight is 261 g/mol. The Labute approximate surface area is 115 Å². The van der Waals surface area contributed by atoms with Gasteiger partial charge in [0.15, 0.2) is 0 Å². The van der Waals surface area contributed by atoms with E-state index in [4.69, 9.17) is 0 Å². The molecular weight excluding hydrogens is 238 g/mol. The van der Waals surface area contributed by atoms with Gasteiger partial charge in [0.1, 0.15) is 0 Å². The van der Waals surface area contributed by atoms with Crippen LogP contribution in [-0.4, -0.2) is 55.5 Å². The Morgan fingerprint density at radius 2 is 2.26 bits per heavy atom. The molecule has 1 aliphatic rings. The first-order chi connectivity index (χ1) is 9.08. The summed E-state index contributed by atoms with van der Waals surface area (Å²) in [6, 6.07) is 8.51. The fourth-order valence-electron chi connectivity index (χ4n) is 2.41. The van der Waals surface area contributed by atoms with Crippen LogP contribution in [0.1, 0.15) is 22.8 Å². The van der Waals surface area contributed by atoms with Gasteiger partial charge >= 0.3 is 0 Å². The van der Waals surface area contributed by atoms with Crippen molar-refractivity contribution in [3.8, 4) is 0 Å². The first kappa shape index (κ1) is 14.0. The van der Waals surface area contributed by atoms with E-state index in [-0.39, 0.29) is 5.91 Å². The normalized spacial score (nSPS) is 20.3. The van der Waals surface area contributed by atoms with Gasteiger partial charge in [0.25, 0.3) is 5.91 Å². The van der Waals surface area contributed by atoms with E-state index in [0.29, 0.717) is 6.04 Å². The molecule has 104 valence electrons. The minimum absolute atomic E-state index is 0.0650. The number of rotatable bonds is 3. The van der Waals surface area contributed by atoms with Crippen LogP contribution in [0.25, 0.3) is 0 Å². The summed E-state index contributed by atoms with van der Waals surface area (Å²) in [4.78, 5) is 16.0. The zero-order valence-corrected chi connectivity index (χ0v) is 12.0. The van der Waals surface area contributed by atoms with Gasteiger partial charge in [0.05, 0.1) is 0 Å². The molecule has 19 heavy (non-hydrogen) atoms. The number of carbonyl (C=O) groups excluding carboxylic acids is 1. The molecule has 0 radical (unpaired) electrons. The standard InChI is InChI=1S/C15H23N3O/c1-12-10-16-7-8-18(12)11-13-5-4-6-14(9-13)15(19)17(2)3/h4-6,9,12,16H,7-8,10-11H2,1-3H3/t12-/m0/s1. The maximum absolute atomic E-state index is 12.0. The Morgan fingerprint density at radius 1 is 1.47 bits per heavy atom. The molecule has 0 unspecified atom stereocenters. The second-order valence-electron chi connectivity index (χ2n) is 5.42. The van der Waals surface area contributed by atoms with E-state index >= 15 is 0 Å². The highest BCUT2D eigenvalue weighted by Gasteiger charge is 2.18. The number of carbonyl (C=O) groups is 1. The smallest absolute Gasteiger partial charge is 0.253 e. The van der Waals surface area contributed by atoms with Crippen LogP contribution in [0.4, 0.5) is 0 Å². The zero-order chi connectivity index (χ0) is 13.8. The molecule has 1 atom stereocenters. The van der Waals surface area contributed by atoms with Crippen LogP contribution in [0.3, 0.4) is 0 Å². The predicted molar refractivity (Wildman–Crippen MR) is 77.2 cm³/mol. The lowest BCUT2D eigenvalue weighted by Gasteiger charge is -2.34. The van der Waals surface area contributed by atoms with Crippen LogP contribution >= 0.6 is 0 Å². The lowest BCUT2D eigenvalue weighted by Crippen LogP contribution is -2.49. The summed E-state index contributed by atoms with van der Waals surface area (Å²) in [5.41, 5.74) is 1.98. The number of piperazine rings is 1. The molecule has 1 saturated heterocycles. The van der Waals surface area contributed by atoms with Crippen molar-refractivity contribution in [2.24, 2.45) is 0 Å². The summed E-state index contributed by atoms with van der Waals surface area (Å²) < 4.78 is 0. The Balaban J connectivity index is 2.08. The quantitative estimate of drug-likeness (QED) is 0.887. The van der Waals surface area contributed by atoms with Gasteiger partial charge in [-0.1, -0.05) is 12.1 Å². The summed E-state index contributed by atoms with van der Waals surface area (Å²) in [6.07, 6.45) is 0. The summed E-state index contributed by atoms with van der Waals surface area (Å²) in [5, 5.41) is 3.39. The molecule has 0 spiro atoms. The molecular formula is C15H23N3O. The Hall–Kier alpha value is -1.39. The van der Waals surface area contributed by atoms with Crippen LogP contribution in [0, 0.1) is 0 Å². The van der Waals surface area contributed by atoms with Crippen LogP contribution in [-0.2, 0) is 6.54 Å². The SMILES string of the molecule is C[C@H]1CNCCN1Cc1cccc(C(=O)N(C)C)c1. The van der Waals surface area contributed by atoms with Gasteiger partial charge in [-0.25, -0.2) is 0 Å². The number of hydrogen-bond acceptors (Lipinski definition) is 3. The number of amides is 1. The minimum atomic E-state index is 0.0650. The van der Waals surface area contributed by atoms with Crippen molar-refractivity contribution in [2.45, 2.75) is 19.5 Å². The van der Waals surface area contributed by atoms with E-state index in [1.807, 2.05) is 18.2 Å². The maximum atomic E-state index is 12.0. The van der Waals surface area contributed by atoms with Crippen molar-refractivity contribution >= 4 is 5.91 Å². The van der Waals surface area contributed by atoms with Crippen LogP contribution < -0.4 is 5.32 Å². The topological polar surface area (TPSA) is 35.6 Å². The fourth-order valence-corrected chi connectivity index (χ4v) is 2.41. The van der Waals surface area contributed by atoms with E-state index < -0.39 is 0 Å². The van der Waals surface area contributed by atoms with Crippen molar-refractivity contribution in [3.63, 3.8) is 0 Å². The first-order valence-corrected chi connectivity index (χ1v) is 6.83. The molecule has 1 N–H and O–H groups in total. The van der Waals surface area contributed by atoms with Crippen molar-refractivity contribution in [1.29, 1.82) is 0 Å². The average Bonchev–Trinajstić information content (AvgIpc) is 2.41. The molecule has 2 rings (SSSR count). The monoisotopic (exact) mass is 261 g/mol. The van der Waals surface area contributed by atoms with Crippen LogP contribution in [0.15, 0.2) is 24.3 Å².